The number of hydrogen-bond acceptors (Lipinski definition) is 3. The second-order valence-corrected chi connectivity index (χ2v) is 5.14. The molecule has 0 atom stereocenters. The van der Waals surface area contributed by atoms with E-state index in [2.05, 4.69) is 24.1 Å². The molecule has 2 aromatic rings. The molecule has 0 aliphatic heterocycles. The summed E-state index contributed by atoms with van der Waals surface area (Å²) in [5.41, 5.74) is 2.11. The van der Waals surface area contributed by atoms with Crippen LogP contribution in [0.1, 0.15) is 31.9 Å². The third-order valence-corrected chi connectivity index (χ3v) is 3.02. The maximum absolute atomic E-state index is 6.02. The van der Waals surface area contributed by atoms with E-state index in [-0.39, 0.29) is 0 Å². The summed E-state index contributed by atoms with van der Waals surface area (Å²) >= 11 is 0. The maximum Gasteiger partial charge on any atom is 0.223 e. The number of ether oxygens (including phenoxy) is 1. The van der Waals surface area contributed by atoms with Crippen molar-refractivity contribution >= 4 is 6.08 Å². The van der Waals surface area contributed by atoms with E-state index >= 15 is 0 Å². The fourth-order valence-electron chi connectivity index (χ4n) is 1.96. The van der Waals surface area contributed by atoms with Crippen LogP contribution in [-0.4, -0.2) is 11.0 Å². The molecule has 1 aromatic heterocycles. The number of benzene rings is 1. The standard InChI is InChI=1S/C18H22N2O/c1-4-8-15-9-5-6-11-17(15)21-18-16(10-7-12-19-18)13-20-14(2)3/h4-12,14,20H,13H2,1-3H3. The zero-order valence-corrected chi connectivity index (χ0v) is 12.8. The van der Waals surface area contributed by atoms with Crippen LogP contribution in [-0.2, 0) is 6.54 Å². The van der Waals surface area contributed by atoms with Crippen molar-refractivity contribution in [3.8, 4) is 11.6 Å². The number of pyridine rings is 1. The van der Waals surface area contributed by atoms with Crippen LogP contribution in [0.4, 0.5) is 0 Å². The second kappa shape index (κ2) is 7.60. The van der Waals surface area contributed by atoms with Crippen LogP contribution in [0.2, 0.25) is 0 Å². The Bertz CT molecular complexity index is 606. The van der Waals surface area contributed by atoms with Crippen LogP contribution in [0.25, 0.3) is 6.08 Å². The number of nitrogens with zero attached hydrogens (tertiary/aromatic N) is 1. The molecular weight excluding hydrogens is 260 g/mol. The maximum atomic E-state index is 6.02. The van der Waals surface area contributed by atoms with Crippen molar-refractivity contribution in [3.63, 3.8) is 0 Å². The van der Waals surface area contributed by atoms with Crippen molar-refractivity contribution in [3.05, 3.63) is 59.8 Å². The highest BCUT2D eigenvalue weighted by Gasteiger charge is 2.08. The fraction of sp³-hybridized carbons (Fsp3) is 0.278. The number of hydrogen-bond donors (Lipinski definition) is 1. The van der Waals surface area contributed by atoms with Crippen LogP contribution in [0.3, 0.4) is 0 Å². The van der Waals surface area contributed by atoms with Gasteiger partial charge in [-0.2, -0.15) is 0 Å². The minimum atomic E-state index is 0.424. The van der Waals surface area contributed by atoms with Gasteiger partial charge in [0.25, 0.3) is 0 Å². The average molecular weight is 282 g/mol. The molecule has 0 amide bonds. The lowest BCUT2D eigenvalue weighted by Gasteiger charge is -2.13. The molecule has 0 aliphatic carbocycles. The van der Waals surface area contributed by atoms with E-state index in [1.807, 2.05) is 55.5 Å². The van der Waals surface area contributed by atoms with Crippen molar-refractivity contribution in [1.29, 1.82) is 0 Å². The van der Waals surface area contributed by atoms with Gasteiger partial charge in [-0.3, -0.25) is 0 Å². The summed E-state index contributed by atoms with van der Waals surface area (Å²) in [6.45, 7) is 6.98. The summed E-state index contributed by atoms with van der Waals surface area (Å²) in [5, 5.41) is 3.39. The summed E-state index contributed by atoms with van der Waals surface area (Å²) in [7, 11) is 0. The van der Waals surface area contributed by atoms with Crippen LogP contribution in [0, 0.1) is 0 Å². The normalized spacial score (nSPS) is 11.2. The van der Waals surface area contributed by atoms with Gasteiger partial charge in [0.2, 0.25) is 5.88 Å². The predicted octanol–water partition coefficient (Wildman–Crippen LogP) is 4.41. The Morgan fingerprint density at radius 1 is 1.19 bits per heavy atom. The van der Waals surface area contributed by atoms with Crippen LogP contribution >= 0.6 is 0 Å². The minimum Gasteiger partial charge on any atom is -0.438 e. The molecule has 2 rings (SSSR count). The molecular formula is C18H22N2O. The van der Waals surface area contributed by atoms with Crippen molar-refractivity contribution in [2.75, 3.05) is 0 Å². The Hall–Kier alpha value is -2.13. The lowest BCUT2D eigenvalue weighted by molar-refractivity contribution is 0.449. The molecule has 1 aromatic carbocycles. The van der Waals surface area contributed by atoms with Crippen molar-refractivity contribution in [2.24, 2.45) is 0 Å². The Morgan fingerprint density at radius 3 is 2.76 bits per heavy atom. The Balaban J connectivity index is 2.23. The largest absolute Gasteiger partial charge is 0.438 e. The molecule has 0 unspecified atom stereocenters. The van der Waals surface area contributed by atoms with Crippen LogP contribution in [0.15, 0.2) is 48.7 Å². The first kappa shape index (κ1) is 15.3. The predicted molar refractivity (Wildman–Crippen MR) is 87.4 cm³/mol. The van der Waals surface area contributed by atoms with E-state index in [9.17, 15) is 0 Å². The molecule has 110 valence electrons. The highest BCUT2D eigenvalue weighted by atomic mass is 16.5. The molecule has 0 saturated carbocycles. The molecule has 0 bridgehead atoms. The topological polar surface area (TPSA) is 34.1 Å². The van der Waals surface area contributed by atoms with Gasteiger partial charge in [-0.1, -0.05) is 50.3 Å². The quantitative estimate of drug-likeness (QED) is 0.852. The molecule has 3 heteroatoms. The Kier molecular flexibility index (Phi) is 5.52. The third-order valence-electron chi connectivity index (χ3n) is 3.02. The summed E-state index contributed by atoms with van der Waals surface area (Å²) in [6, 6.07) is 12.4. The smallest absolute Gasteiger partial charge is 0.223 e. The van der Waals surface area contributed by atoms with Gasteiger partial charge in [0.1, 0.15) is 5.75 Å². The van der Waals surface area contributed by atoms with Crippen LogP contribution < -0.4 is 10.1 Å². The van der Waals surface area contributed by atoms with Gasteiger partial charge in [0, 0.05) is 29.9 Å². The van der Waals surface area contributed by atoms with E-state index in [0.717, 1.165) is 23.4 Å². The second-order valence-electron chi connectivity index (χ2n) is 5.14. The van der Waals surface area contributed by atoms with Crippen LogP contribution in [0.5, 0.6) is 11.6 Å². The minimum absolute atomic E-state index is 0.424. The molecule has 21 heavy (non-hydrogen) atoms. The molecule has 1 heterocycles. The highest BCUT2D eigenvalue weighted by molar-refractivity contribution is 5.57. The molecule has 0 radical (unpaired) electrons. The van der Waals surface area contributed by atoms with Gasteiger partial charge >= 0.3 is 0 Å². The van der Waals surface area contributed by atoms with Gasteiger partial charge in [0.15, 0.2) is 0 Å². The van der Waals surface area contributed by atoms with Crippen molar-refractivity contribution in [1.82, 2.24) is 10.3 Å². The zero-order valence-electron chi connectivity index (χ0n) is 12.8. The average Bonchev–Trinajstić information content (AvgIpc) is 2.48. The first-order chi connectivity index (χ1) is 10.2. The monoisotopic (exact) mass is 282 g/mol. The summed E-state index contributed by atoms with van der Waals surface area (Å²) in [5.74, 6) is 1.47. The SMILES string of the molecule is CC=Cc1ccccc1Oc1ncccc1CNC(C)C. The number of allylic oxidation sites excluding steroid dienone is 1. The summed E-state index contributed by atoms with van der Waals surface area (Å²) in [6.07, 6.45) is 5.79. The van der Waals surface area contributed by atoms with E-state index in [4.69, 9.17) is 4.74 Å². The van der Waals surface area contributed by atoms with Gasteiger partial charge in [-0.25, -0.2) is 4.98 Å². The molecule has 0 spiro atoms. The molecule has 0 fully saturated rings. The van der Waals surface area contributed by atoms with Crippen molar-refractivity contribution < 1.29 is 4.74 Å². The van der Waals surface area contributed by atoms with Crippen molar-refractivity contribution in [2.45, 2.75) is 33.4 Å². The van der Waals surface area contributed by atoms with Gasteiger partial charge in [-0.05, 0) is 19.1 Å². The Labute approximate surface area is 126 Å². The molecule has 1 N–H and O–H groups in total. The van der Waals surface area contributed by atoms with Gasteiger partial charge < -0.3 is 10.1 Å². The highest BCUT2D eigenvalue weighted by Crippen LogP contribution is 2.27. The van der Waals surface area contributed by atoms with E-state index in [1.54, 1.807) is 6.20 Å². The molecule has 0 aliphatic rings. The van der Waals surface area contributed by atoms with Gasteiger partial charge in [-0.15, -0.1) is 0 Å². The van der Waals surface area contributed by atoms with E-state index < -0.39 is 0 Å². The fourth-order valence-corrected chi connectivity index (χ4v) is 1.96. The number of nitrogens with one attached hydrogen (secondary N) is 1. The summed E-state index contributed by atoms with van der Waals surface area (Å²) < 4.78 is 6.02. The first-order valence-electron chi connectivity index (χ1n) is 7.27. The molecule has 0 saturated heterocycles. The zero-order chi connectivity index (χ0) is 15.1. The molecule has 3 nitrogen and oxygen atoms in total. The number of rotatable bonds is 6. The summed E-state index contributed by atoms with van der Waals surface area (Å²) in [4.78, 5) is 4.37. The number of para-hydroxylation sites is 1. The van der Waals surface area contributed by atoms with E-state index in [0.29, 0.717) is 11.9 Å². The number of aromatic nitrogens is 1. The van der Waals surface area contributed by atoms with Gasteiger partial charge in [0.05, 0.1) is 0 Å². The third kappa shape index (κ3) is 4.43. The first-order valence-corrected chi connectivity index (χ1v) is 7.27. The lowest BCUT2D eigenvalue weighted by atomic mass is 10.2. The lowest BCUT2D eigenvalue weighted by Crippen LogP contribution is -2.22. The Morgan fingerprint density at radius 2 is 2.00 bits per heavy atom. The van der Waals surface area contributed by atoms with E-state index in [1.165, 1.54) is 0 Å².